The molecule has 2 aliphatic rings. The molecule has 1 aromatic carbocycles. The minimum atomic E-state index is -1.02. The lowest BCUT2D eigenvalue weighted by Crippen LogP contribution is -2.54. The molecule has 3 rings (SSSR count). The summed E-state index contributed by atoms with van der Waals surface area (Å²) in [4.78, 5) is 74.4. The number of amides is 6. The van der Waals surface area contributed by atoms with Crippen LogP contribution in [-0.4, -0.2) is 58.7 Å². The zero-order chi connectivity index (χ0) is 31.4. The van der Waals surface area contributed by atoms with Gasteiger partial charge in [-0.05, 0) is 58.2 Å². The number of nitrogens with one attached hydrogen (secondary N) is 3. The summed E-state index contributed by atoms with van der Waals surface area (Å²) in [6.45, 7) is 6.20. The van der Waals surface area contributed by atoms with E-state index in [1.165, 1.54) is 37.8 Å². The molecule has 1 unspecified atom stereocenters. The summed E-state index contributed by atoms with van der Waals surface area (Å²) >= 11 is 0. The Balaban J connectivity index is 1.22. The Morgan fingerprint density at radius 2 is 1.44 bits per heavy atom. The number of fused-ring (bicyclic) bond motifs is 1. The highest BCUT2D eigenvalue weighted by Crippen LogP contribution is 2.29. The van der Waals surface area contributed by atoms with Crippen LogP contribution < -0.4 is 16.0 Å². The fourth-order valence-corrected chi connectivity index (χ4v) is 5.28. The van der Waals surface area contributed by atoms with E-state index in [1.54, 1.807) is 6.07 Å². The van der Waals surface area contributed by atoms with Crippen molar-refractivity contribution in [2.75, 3.05) is 11.9 Å². The summed E-state index contributed by atoms with van der Waals surface area (Å²) in [5.74, 6) is -2.40. The van der Waals surface area contributed by atoms with Gasteiger partial charge in [-0.3, -0.25) is 34.2 Å². The molecule has 3 N–H and O–H groups in total. The summed E-state index contributed by atoms with van der Waals surface area (Å²) in [6, 6.07) is 3.52. The van der Waals surface area contributed by atoms with Gasteiger partial charge >= 0.3 is 6.09 Å². The Labute approximate surface area is 253 Å². The van der Waals surface area contributed by atoms with Gasteiger partial charge in [0, 0.05) is 25.1 Å². The molecule has 0 spiro atoms. The van der Waals surface area contributed by atoms with Crippen molar-refractivity contribution in [2.24, 2.45) is 0 Å². The fraction of sp³-hybridized carbons (Fsp3) is 0.625. The van der Waals surface area contributed by atoms with Gasteiger partial charge in [-0.25, -0.2) is 4.79 Å². The van der Waals surface area contributed by atoms with Gasteiger partial charge in [0.1, 0.15) is 11.6 Å². The largest absolute Gasteiger partial charge is 0.444 e. The molecule has 0 aliphatic carbocycles. The average Bonchev–Trinajstić information content (AvgIpc) is 3.17. The first-order valence-corrected chi connectivity index (χ1v) is 15.6. The first-order chi connectivity index (χ1) is 20.5. The number of benzene rings is 1. The van der Waals surface area contributed by atoms with Crippen molar-refractivity contribution in [1.29, 1.82) is 0 Å². The van der Waals surface area contributed by atoms with Gasteiger partial charge in [-0.15, -0.1) is 0 Å². The number of anilines is 1. The highest BCUT2D eigenvalue weighted by Gasteiger charge is 2.44. The number of piperidine rings is 1. The number of hydrogen-bond acceptors (Lipinski definition) is 7. The third-order valence-electron chi connectivity index (χ3n) is 7.47. The topological polar surface area (TPSA) is 151 Å². The van der Waals surface area contributed by atoms with Gasteiger partial charge in [0.05, 0.1) is 11.1 Å². The molecule has 0 aromatic heterocycles. The van der Waals surface area contributed by atoms with E-state index in [-0.39, 0.29) is 36.0 Å². The predicted molar refractivity (Wildman–Crippen MR) is 161 cm³/mol. The Bertz CT molecular complexity index is 1190. The zero-order valence-electron chi connectivity index (χ0n) is 25.7. The van der Waals surface area contributed by atoms with Gasteiger partial charge in [0.2, 0.25) is 17.7 Å². The van der Waals surface area contributed by atoms with E-state index in [4.69, 9.17) is 4.74 Å². The van der Waals surface area contributed by atoms with Crippen LogP contribution in [0.25, 0.3) is 0 Å². The number of ether oxygens (including phenoxy) is 1. The molecule has 236 valence electrons. The Morgan fingerprint density at radius 1 is 0.860 bits per heavy atom. The Morgan fingerprint density at radius 3 is 2.05 bits per heavy atom. The van der Waals surface area contributed by atoms with Gasteiger partial charge in [0.15, 0.2) is 0 Å². The van der Waals surface area contributed by atoms with Crippen molar-refractivity contribution in [3.63, 3.8) is 0 Å². The second-order valence-corrected chi connectivity index (χ2v) is 12.3. The summed E-state index contributed by atoms with van der Waals surface area (Å²) in [7, 11) is 0. The third-order valence-corrected chi connectivity index (χ3v) is 7.47. The normalized spacial score (nSPS) is 16.6. The highest BCUT2D eigenvalue weighted by molar-refractivity contribution is 6.23. The summed E-state index contributed by atoms with van der Waals surface area (Å²) in [5.41, 5.74) is 0.279. The molecule has 2 heterocycles. The van der Waals surface area contributed by atoms with Crippen LogP contribution in [0, 0.1) is 0 Å². The van der Waals surface area contributed by atoms with E-state index in [0.717, 1.165) is 49.8 Å². The van der Waals surface area contributed by atoms with Gasteiger partial charge in [-0.1, -0.05) is 57.8 Å². The van der Waals surface area contributed by atoms with Crippen molar-refractivity contribution in [3.8, 4) is 0 Å². The maximum absolute atomic E-state index is 12.9. The van der Waals surface area contributed by atoms with Crippen molar-refractivity contribution >= 4 is 41.3 Å². The monoisotopic (exact) mass is 598 g/mol. The van der Waals surface area contributed by atoms with Crippen molar-refractivity contribution in [2.45, 2.75) is 122 Å². The van der Waals surface area contributed by atoms with Crippen LogP contribution >= 0.6 is 0 Å². The molecule has 0 radical (unpaired) electrons. The minimum Gasteiger partial charge on any atom is -0.444 e. The first-order valence-electron chi connectivity index (χ1n) is 15.6. The van der Waals surface area contributed by atoms with Gasteiger partial charge in [0.25, 0.3) is 11.8 Å². The number of carbonyl (C=O) groups excluding carboxylic acids is 6. The molecule has 0 bridgehead atoms. The molecule has 11 nitrogen and oxygen atoms in total. The van der Waals surface area contributed by atoms with E-state index in [0.29, 0.717) is 18.7 Å². The lowest BCUT2D eigenvalue weighted by atomic mass is 10.0. The molecule has 6 amide bonds. The Kier molecular flexibility index (Phi) is 12.7. The quantitative estimate of drug-likeness (QED) is 0.174. The van der Waals surface area contributed by atoms with E-state index < -0.39 is 35.3 Å². The van der Waals surface area contributed by atoms with E-state index >= 15 is 0 Å². The predicted octanol–water partition coefficient (Wildman–Crippen LogP) is 5.23. The van der Waals surface area contributed by atoms with E-state index in [9.17, 15) is 28.8 Å². The average molecular weight is 599 g/mol. The molecular formula is C32H46N4O7. The molecule has 1 aromatic rings. The molecule has 2 aliphatic heterocycles. The smallest absolute Gasteiger partial charge is 0.407 e. The molecular weight excluding hydrogens is 552 g/mol. The Hall–Kier alpha value is -3.76. The summed E-state index contributed by atoms with van der Waals surface area (Å²) < 4.78 is 5.22. The van der Waals surface area contributed by atoms with Gasteiger partial charge in [-0.2, -0.15) is 0 Å². The molecule has 43 heavy (non-hydrogen) atoms. The maximum Gasteiger partial charge on any atom is 0.407 e. The lowest BCUT2D eigenvalue weighted by Gasteiger charge is -2.27. The zero-order valence-corrected chi connectivity index (χ0v) is 25.7. The number of hydrogen-bond donors (Lipinski definition) is 3. The first kappa shape index (κ1) is 33.7. The minimum absolute atomic E-state index is 0.0599. The summed E-state index contributed by atoms with van der Waals surface area (Å²) in [6.07, 6.45) is 12.2. The fourth-order valence-electron chi connectivity index (χ4n) is 5.28. The molecule has 1 atom stereocenters. The standard InChI is InChI=1S/C32H46N4O7/c1-32(2,3)43-31(42)33-20-14-12-10-8-6-4-5-7-9-11-13-15-26(37)34-22-16-17-23-24(21-22)30(41)36(29(23)40)25-18-19-27(38)35-28(25)39/h16-17,21,25H,4-15,18-20H2,1-3H3,(H,33,42)(H,34,37)(H,35,38,39). The molecule has 1 fully saturated rings. The van der Waals surface area contributed by atoms with Crippen LogP contribution in [0.2, 0.25) is 0 Å². The van der Waals surface area contributed by atoms with Gasteiger partial charge < -0.3 is 15.4 Å². The van der Waals surface area contributed by atoms with Crippen LogP contribution in [0.5, 0.6) is 0 Å². The van der Waals surface area contributed by atoms with Crippen LogP contribution in [-0.2, 0) is 19.1 Å². The second kappa shape index (κ2) is 16.2. The number of carbonyl (C=O) groups is 6. The SMILES string of the molecule is CC(C)(C)OC(=O)NCCCCCCCCCCCCCC(=O)Nc1ccc2c(c1)C(=O)N(C1CCC(=O)NC1=O)C2=O. The maximum atomic E-state index is 12.9. The van der Waals surface area contributed by atoms with E-state index in [1.807, 2.05) is 20.8 Å². The second-order valence-electron chi connectivity index (χ2n) is 12.3. The molecule has 11 heteroatoms. The van der Waals surface area contributed by atoms with E-state index in [2.05, 4.69) is 16.0 Å². The van der Waals surface area contributed by atoms with Crippen molar-refractivity contribution < 1.29 is 33.5 Å². The lowest BCUT2D eigenvalue weighted by molar-refractivity contribution is -0.136. The van der Waals surface area contributed by atoms with Crippen LogP contribution in [0.4, 0.5) is 10.5 Å². The van der Waals surface area contributed by atoms with Crippen molar-refractivity contribution in [3.05, 3.63) is 29.3 Å². The van der Waals surface area contributed by atoms with Crippen LogP contribution in [0.15, 0.2) is 18.2 Å². The molecule has 0 saturated carbocycles. The number of rotatable bonds is 16. The van der Waals surface area contributed by atoms with Crippen LogP contribution in [0.3, 0.4) is 0 Å². The summed E-state index contributed by atoms with van der Waals surface area (Å²) in [5, 5.41) is 7.77. The number of unbranched alkanes of at least 4 members (excludes halogenated alkanes) is 10. The highest BCUT2D eigenvalue weighted by atomic mass is 16.6. The van der Waals surface area contributed by atoms with Crippen molar-refractivity contribution in [1.82, 2.24) is 15.5 Å². The third kappa shape index (κ3) is 10.8. The number of nitrogens with zero attached hydrogens (tertiary/aromatic N) is 1. The van der Waals surface area contributed by atoms with Crippen LogP contribution in [0.1, 0.15) is 131 Å². The number of imide groups is 2. The number of alkyl carbamates (subject to hydrolysis) is 1. The molecule has 1 saturated heterocycles.